The van der Waals surface area contributed by atoms with Gasteiger partial charge in [-0.1, -0.05) is 12.1 Å². The van der Waals surface area contributed by atoms with Gasteiger partial charge in [0.1, 0.15) is 0 Å². The maximum Gasteiger partial charge on any atom is 0.191 e. The Morgan fingerprint density at radius 2 is 2.35 bits per heavy atom. The number of hydrogen-bond acceptors (Lipinski definition) is 5. The van der Waals surface area contributed by atoms with E-state index in [0.717, 1.165) is 12.4 Å². The molecule has 2 atom stereocenters. The first-order valence-corrected chi connectivity index (χ1v) is 6.51. The van der Waals surface area contributed by atoms with E-state index in [1.807, 2.05) is 0 Å². The first-order valence-electron chi connectivity index (χ1n) is 6.51. The van der Waals surface area contributed by atoms with E-state index in [1.165, 1.54) is 32.4 Å². The van der Waals surface area contributed by atoms with Crippen molar-refractivity contribution in [2.75, 3.05) is 19.6 Å². The molecule has 2 unspecified atom stereocenters. The standard InChI is InChI=1S/C11H22N6/c1-3-17-7-4-5-10(6-8-17)12-9(2)11-13-15-16-14-11/h9-10,12H,3-8H2,1-2H3,(H,13,14,15,16). The Balaban J connectivity index is 1.82. The van der Waals surface area contributed by atoms with Crippen molar-refractivity contribution in [2.24, 2.45) is 0 Å². The number of aromatic amines is 1. The summed E-state index contributed by atoms with van der Waals surface area (Å²) in [6.07, 6.45) is 3.71. The van der Waals surface area contributed by atoms with Crippen molar-refractivity contribution >= 4 is 0 Å². The van der Waals surface area contributed by atoms with Crippen LogP contribution >= 0.6 is 0 Å². The van der Waals surface area contributed by atoms with E-state index >= 15 is 0 Å². The van der Waals surface area contributed by atoms with Gasteiger partial charge in [0.15, 0.2) is 5.82 Å². The van der Waals surface area contributed by atoms with Gasteiger partial charge in [0.25, 0.3) is 0 Å². The van der Waals surface area contributed by atoms with Crippen LogP contribution < -0.4 is 5.32 Å². The molecule has 17 heavy (non-hydrogen) atoms. The highest BCUT2D eigenvalue weighted by molar-refractivity contribution is 4.88. The Hall–Kier alpha value is -1.01. The Labute approximate surface area is 102 Å². The van der Waals surface area contributed by atoms with Gasteiger partial charge >= 0.3 is 0 Å². The van der Waals surface area contributed by atoms with Gasteiger partial charge in [-0.15, -0.1) is 10.2 Å². The molecule has 96 valence electrons. The molecule has 0 aromatic carbocycles. The number of rotatable bonds is 4. The molecule has 2 heterocycles. The number of likely N-dealkylation sites (tertiary alicyclic amines) is 1. The summed E-state index contributed by atoms with van der Waals surface area (Å²) in [7, 11) is 0. The largest absolute Gasteiger partial charge is 0.305 e. The molecule has 1 saturated heterocycles. The summed E-state index contributed by atoms with van der Waals surface area (Å²) < 4.78 is 0. The highest BCUT2D eigenvalue weighted by Gasteiger charge is 2.19. The van der Waals surface area contributed by atoms with Crippen LogP contribution in [0.15, 0.2) is 0 Å². The van der Waals surface area contributed by atoms with Crippen LogP contribution in [-0.4, -0.2) is 51.2 Å². The number of nitrogens with one attached hydrogen (secondary N) is 2. The van der Waals surface area contributed by atoms with Crippen LogP contribution in [0.1, 0.15) is 45.0 Å². The third-order valence-electron chi connectivity index (χ3n) is 3.50. The fraction of sp³-hybridized carbons (Fsp3) is 0.909. The van der Waals surface area contributed by atoms with Crippen LogP contribution in [0, 0.1) is 0 Å². The summed E-state index contributed by atoms with van der Waals surface area (Å²) in [5.74, 6) is 0.751. The van der Waals surface area contributed by atoms with Crippen molar-refractivity contribution in [3.05, 3.63) is 5.82 Å². The molecule has 1 aliphatic heterocycles. The number of hydrogen-bond donors (Lipinski definition) is 2. The molecule has 1 fully saturated rings. The smallest absolute Gasteiger partial charge is 0.191 e. The lowest BCUT2D eigenvalue weighted by atomic mass is 10.1. The molecule has 2 N–H and O–H groups in total. The maximum atomic E-state index is 4.02. The summed E-state index contributed by atoms with van der Waals surface area (Å²) in [4.78, 5) is 2.51. The molecule has 0 spiro atoms. The molecule has 2 rings (SSSR count). The zero-order chi connectivity index (χ0) is 12.1. The second-order valence-electron chi connectivity index (χ2n) is 4.72. The van der Waals surface area contributed by atoms with E-state index in [0.29, 0.717) is 6.04 Å². The lowest BCUT2D eigenvalue weighted by Crippen LogP contribution is -2.33. The fourth-order valence-electron chi connectivity index (χ4n) is 2.42. The number of aromatic nitrogens is 4. The normalized spacial score (nSPS) is 24.5. The summed E-state index contributed by atoms with van der Waals surface area (Å²) in [5, 5.41) is 17.7. The Morgan fingerprint density at radius 1 is 1.47 bits per heavy atom. The Kier molecular flexibility index (Phi) is 4.44. The number of tetrazole rings is 1. The van der Waals surface area contributed by atoms with Crippen molar-refractivity contribution < 1.29 is 0 Å². The molecule has 1 aliphatic rings. The van der Waals surface area contributed by atoms with Crippen molar-refractivity contribution in [1.82, 2.24) is 30.8 Å². The first-order chi connectivity index (χ1) is 8.29. The van der Waals surface area contributed by atoms with Crippen LogP contribution in [0.4, 0.5) is 0 Å². The Bertz CT molecular complexity index is 312. The van der Waals surface area contributed by atoms with E-state index in [2.05, 4.69) is 44.7 Å². The SMILES string of the molecule is CCN1CCCC(NC(C)c2nn[nH]n2)CC1. The quantitative estimate of drug-likeness (QED) is 0.809. The minimum absolute atomic E-state index is 0.173. The van der Waals surface area contributed by atoms with Gasteiger partial charge in [-0.2, -0.15) is 5.21 Å². The van der Waals surface area contributed by atoms with Gasteiger partial charge in [0.2, 0.25) is 0 Å². The van der Waals surface area contributed by atoms with Crippen LogP contribution in [0.25, 0.3) is 0 Å². The third kappa shape index (κ3) is 3.47. The highest BCUT2D eigenvalue weighted by atomic mass is 15.5. The van der Waals surface area contributed by atoms with Crippen LogP contribution in [0.5, 0.6) is 0 Å². The second kappa shape index (κ2) is 6.07. The van der Waals surface area contributed by atoms with Crippen molar-refractivity contribution in [3.63, 3.8) is 0 Å². The molecule has 1 aromatic heterocycles. The molecule has 0 radical (unpaired) electrons. The molecule has 6 heteroatoms. The van der Waals surface area contributed by atoms with Gasteiger partial charge in [0.05, 0.1) is 6.04 Å². The predicted octanol–water partition coefficient (Wildman–Crippen LogP) is 0.725. The van der Waals surface area contributed by atoms with Gasteiger partial charge in [-0.05, 0) is 45.8 Å². The Morgan fingerprint density at radius 3 is 3.06 bits per heavy atom. The molecule has 1 aromatic rings. The molecule has 0 bridgehead atoms. The zero-order valence-corrected chi connectivity index (χ0v) is 10.7. The topological polar surface area (TPSA) is 69.7 Å². The number of nitrogens with zero attached hydrogens (tertiary/aromatic N) is 4. The molecule has 6 nitrogen and oxygen atoms in total. The monoisotopic (exact) mass is 238 g/mol. The van der Waals surface area contributed by atoms with Gasteiger partial charge in [-0.3, -0.25) is 0 Å². The van der Waals surface area contributed by atoms with Crippen LogP contribution in [-0.2, 0) is 0 Å². The van der Waals surface area contributed by atoms with Gasteiger partial charge in [0, 0.05) is 6.04 Å². The molecular formula is C11H22N6. The van der Waals surface area contributed by atoms with Crippen LogP contribution in [0.2, 0.25) is 0 Å². The predicted molar refractivity (Wildman–Crippen MR) is 65.5 cm³/mol. The average Bonchev–Trinajstić information content (AvgIpc) is 2.78. The summed E-state index contributed by atoms with van der Waals surface area (Å²) >= 11 is 0. The fourth-order valence-corrected chi connectivity index (χ4v) is 2.42. The van der Waals surface area contributed by atoms with Crippen molar-refractivity contribution in [3.8, 4) is 0 Å². The lowest BCUT2D eigenvalue weighted by Gasteiger charge is -2.20. The van der Waals surface area contributed by atoms with Crippen molar-refractivity contribution in [1.29, 1.82) is 0 Å². The van der Waals surface area contributed by atoms with Gasteiger partial charge < -0.3 is 10.2 Å². The summed E-state index contributed by atoms with van der Waals surface area (Å²) in [5.41, 5.74) is 0. The molecule has 0 amide bonds. The minimum atomic E-state index is 0.173. The van der Waals surface area contributed by atoms with Crippen molar-refractivity contribution in [2.45, 2.75) is 45.2 Å². The molecule has 0 aliphatic carbocycles. The second-order valence-corrected chi connectivity index (χ2v) is 4.72. The number of H-pyrrole nitrogens is 1. The average molecular weight is 238 g/mol. The summed E-state index contributed by atoms with van der Waals surface area (Å²) in [6.45, 7) is 7.90. The summed E-state index contributed by atoms with van der Waals surface area (Å²) in [6, 6.07) is 0.743. The van der Waals surface area contributed by atoms with E-state index < -0.39 is 0 Å². The van der Waals surface area contributed by atoms with E-state index in [1.54, 1.807) is 0 Å². The van der Waals surface area contributed by atoms with E-state index in [4.69, 9.17) is 0 Å². The zero-order valence-electron chi connectivity index (χ0n) is 10.7. The minimum Gasteiger partial charge on any atom is -0.305 e. The first kappa shape index (κ1) is 12.4. The van der Waals surface area contributed by atoms with Gasteiger partial charge in [-0.25, -0.2) is 0 Å². The van der Waals surface area contributed by atoms with E-state index in [9.17, 15) is 0 Å². The lowest BCUT2D eigenvalue weighted by molar-refractivity contribution is 0.295. The van der Waals surface area contributed by atoms with Crippen LogP contribution in [0.3, 0.4) is 0 Å². The maximum absolute atomic E-state index is 4.02. The third-order valence-corrected chi connectivity index (χ3v) is 3.50. The highest BCUT2D eigenvalue weighted by Crippen LogP contribution is 2.14. The van der Waals surface area contributed by atoms with E-state index in [-0.39, 0.29) is 6.04 Å². The molecular weight excluding hydrogens is 216 g/mol. The molecule has 0 saturated carbocycles.